The Labute approximate surface area is 108 Å². The molecular weight excluding hydrogens is 243 g/mol. The minimum atomic E-state index is -4.08. The van der Waals surface area contributed by atoms with Crippen molar-refractivity contribution in [3.63, 3.8) is 0 Å². The van der Waals surface area contributed by atoms with Gasteiger partial charge in [0.2, 0.25) is 0 Å². The number of hydrogen-bond acceptors (Lipinski definition) is 3. The van der Waals surface area contributed by atoms with Gasteiger partial charge in [-0.1, -0.05) is 13.8 Å². The minimum absolute atomic E-state index is 0.100. The lowest BCUT2D eigenvalue weighted by molar-refractivity contribution is -0.136. The van der Waals surface area contributed by atoms with Gasteiger partial charge in [0.25, 0.3) is 0 Å². The molecule has 110 valence electrons. The van der Waals surface area contributed by atoms with Crippen LogP contribution in [-0.4, -0.2) is 35.7 Å². The zero-order chi connectivity index (χ0) is 14.4. The van der Waals surface area contributed by atoms with E-state index in [0.29, 0.717) is 6.42 Å². The first-order valence-corrected chi connectivity index (χ1v) is 6.47. The van der Waals surface area contributed by atoms with Crippen LogP contribution in [0.25, 0.3) is 0 Å². The van der Waals surface area contributed by atoms with Gasteiger partial charge in [0.05, 0.1) is 0 Å². The monoisotopic (exact) mass is 269 g/mol. The maximum Gasteiger partial charge on any atom is 0.389 e. The largest absolute Gasteiger partial charge is 0.389 e. The minimum Gasteiger partial charge on any atom is -0.297 e. The molecular formula is C12H26F3N3. The van der Waals surface area contributed by atoms with Crippen molar-refractivity contribution < 1.29 is 13.2 Å². The Bertz CT molecular complexity index is 225. The Morgan fingerprint density at radius 1 is 1.17 bits per heavy atom. The fourth-order valence-electron chi connectivity index (χ4n) is 2.41. The molecule has 0 aromatic heterocycles. The lowest BCUT2D eigenvalue weighted by Crippen LogP contribution is -2.59. The Hall–Kier alpha value is -0.330. The molecule has 0 aliphatic carbocycles. The number of nitrogens with zero attached hydrogens (tertiary/aromatic N) is 1. The van der Waals surface area contributed by atoms with Crippen LogP contribution in [0.2, 0.25) is 0 Å². The van der Waals surface area contributed by atoms with E-state index in [-0.39, 0.29) is 18.0 Å². The molecule has 0 heterocycles. The first kappa shape index (κ1) is 17.7. The lowest BCUT2D eigenvalue weighted by atomic mass is 9.88. The number of rotatable bonds is 8. The zero-order valence-corrected chi connectivity index (χ0v) is 11.8. The molecule has 3 N–H and O–H groups in total. The van der Waals surface area contributed by atoms with Crippen molar-refractivity contribution in [3.05, 3.63) is 0 Å². The predicted octanol–water partition coefficient (Wildman–Crippen LogP) is 2.67. The van der Waals surface area contributed by atoms with Gasteiger partial charge in [-0.05, 0) is 39.8 Å². The fraction of sp³-hybridized carbons (Fsp3) is 1.00. The third-order valence-corrected chi connectivity index (χ3v) is 3.59. The molecule has 0 bridgehead atoms. The summed E-state index contributed by atoms with van der Waals surface area (Å²) in [4.78, 5) is 2.20. The predicted molar refractivity (Wildman–Crippen MR) is 68.0 cm³/mol. The van der Waals surface area contributed by atoms with Gasteiger partial charge in [0, 0.05) is 18.0 Å². The Kier molecular flexibility index (Phi) is 7.17. The van der Waals surface area contributed by atoms with Crippen molar-refractivity contribution in [2.75, 3.05) is 13.1 Å². The van der Waals surface area contributed by atoms with Crippen LogP contribution in [0.4, 0.5) is 13.2 Å². The van der Waals surface area contributed by atoms with Gasteiger partial charge in [-0.15, -0.1) is 0 Å². The third-order valence-electron chi connectivity index (χ3n) is 3.59. The molecule has 0 spiro atoms. The molecule has 6 heteroatoms. The van der Waals surface area contributed by atoms with Crippen LogP contribution in [0.1, 0.15) is 47.0 Å². The van der Waals surface area contributed by atoms with Crippen LogP contribution in [0.5, 0.6) is 0 Å². The highest BCUT2D eigenvalue weighted by atomic mass is 19.4. The SMILES string of the molecule is CCN(CC)C(C)(C)C(CCCC(F)(F)F)NN. The fourth-order valence-corrected chi connectivity index (χ4v) is 2.41. The molecule has 18 heavy (non-hydrogen) atoms. The van der Waals surface area contributed by atoms with Crippen molar-refractivity contribution >= 4 is 0 Å². The van der Waals surface area contributed by atoms with E-state index < -0.39 is 12.6 Å². The van der Waals surface area contributed by atoms with Crippen LogP contribution in [0.3, 0.4) is 0 Å². The quantitative estimate of drug-likeness (QED) is 0.526. The summed E-state index contributed by atoms with van der Waals surface area (Å²) < 4.78 is 36.4. The van der Waals surface area contributed by atoms with E-state index in [1.165, 1.54) is 0 Å². The van der Waals surface area contributed by atoms with E-state index in [1.54, 1.807) is 0 Å². The number of hydrazine groups is 1. The van der Waals surface area contributed by atoms with Crippen LogP contribution in [-0.2, 0) is 0 Å². The van der Waals surface area contributed by atoms with E-state index in [9.17, 15) is 13.2 Å². The number of likely N-dealkylation sites (N-methyl/N-ethyl adjacent to an activating group) is 1. The molecule has 0 saturated heterocycles. The summed E-state index contributed by atoms with van der Waals surface area (Å²) in [5.74, 6) is 5.50. The van der Waals surface area contributed by atoms with Crippen LogP contribution in [0, 0.1) is 0 Å². The molecule has 0 aliphatic heterocycles. The molecule has 0 amide bonds. The molecule has 1 unspecified atom stereocenters. The molecule has 0 aromatic rings. The van der Waals surface area contributed by atoms with E-state index in [1.807, 2.05) is 27.7 Å². The summed E-state index contributed by atoms with van der Waals surface area (Å²) in [6.07, 6.45) is -4.32. The van der Waals surface area contributed by atoms with Gasteiger partial charge in [0.15, 0.2) is 0 Å². The second-order valence-electron chi connectivity index (χ2n) is 5.05. The molecule has 0 radical (unpaired) electrons. The van der Waals surface area contributed by atoms with Crippen molar-refractivity contribution in [2.24, 2.45) is 5.84 Å². The van der Waals surface area contributed by atoms with E-state index in [4.69, 9.17) is 5.84 Å². The van der Waals surface area contributed by atoms with Crippen LogP contribution in [0.15, 0.2) is 0 Å². The van der Waals surface area contributed by atoms with Crippen LogP contribution < -0.4 is 11.3 Å². The third kappa shape index (κ3) is 5.54. The second kappa shape index (κ2) is 7.31. The summed E-state index contributed by atoms with van der Waals surface area (Å²) in [5.41, 5.74) is 2.41. The molecule has 0 saturated carbocycles. The average molecular weight is 269 g/mol. The van der Waals surface area contributed by atoms with Gasteiger partial charge in [-0.2, -0.15) is 13.2 Å². The van der Waals surface area contributed by atoms with Crippen molar-refractivity contribution in [1.82, 2.24) is 10.3 Å². The van der Waals surface area contributed by atoms with Gasteiger partial charge < -0.3 is 0 Å². The van der Waals surface area contributed by atoms with Gasteiger partial charge >= 0.3 is 6.18 Å². The topological polar surface area (TPSA) is 41.3 Å². The summed E-state index contributed by atoms with van der Waals surface area (Å²) in [6, 6.07) is -0.153. The highest BCUT2D eigenvalue weighted by molar-refractivity contribution is 4.92. The zero-order valence-electron chi connectivity index (χ0n) is 11.8. The normalized spacial score (nSPS) is 15.2. The van der Waals surface area contributed by atoms with Crippen LogP contribution >= 0.6 is 0 Å². The van der Waals surface area contributed by atoms with Gasteiger partial charge in [-0.3, -0.25) is 16.2 Å². The number of alkyl halides is 3. The Morgan fingerprint density at radius 3 is 2.00 bits per heavy atom. The molecule has 0 rings (SSSR count). The van der Waals surface area contributed by atoms with E-state index >= 15 is 0 Å². The molecule has 0 fully saturated rings. The van der Waals surface area contributed by atoms with Gasteiger partial charge in [0.1, 0.15) is 0 Å². The second-order valence-corrected chi connectivity index (χ2v) is 5.05. The highest BCUT2D eigenvalue weighted by Crippen LogP contribution is 2.26. The number of nitrogens with two attached hydrogens (primary N) is 1. The number of halogens is 3. The maximum atomic E-state index is 12.1. The molecule has 0 aliphatic rings. The summed E-state index contributed by atoms with van der Waals surface area (Å²) in [6.45, 7) is 9.79. The number of nitrogens with one attached hydrogen (secondary N) is 1. The van der Waals surface area contributed by atoms with E-state index in [2.05, 4.69) is 10.3 Å². The lowest BCUT2D eigenvalue weighted by Gasteiger charge is -2.43. The van der Waals surface area contributed by atoms with Gasteiger partial charge in [-0.25, -0.2) is 0 Å². The summed E-state index contributed by atoms with van der Waals surface area (Å²) in [7, 11) is 0. The van der Waals surface area contributed by atoms with Crippen molar-refractivity contribution in [1.29, 1.82) is 0 Å². The Morgan fingerprint density at radius 2 is 1.67 bits per heavy atom. The summed E-state index contributed by atoms with van der Waals surface area (Å²) >= 11 is 0. The highest BCUT2D eigenvalue weighted by Gasteiger charge is 2.34. The maximum absolute atomic E-state index is 12.1. The average Bonchev–Trinajstić information content (AvgIpc) is 2.23. The smallest absolute Gasteiger partial charge is 0.297 e. The first-order chi connectivity index (χ1) is 8.19. The molecule has 1 atom stereocenters. The van der Waals surface area contributed by atoms with E-state index in [0.717, 1.165) is 13.1 Å². The Balaban J connectivity index is 4.47. The number of hydrogen-bond donors (Lipinski definition) is 2. The molecule has 0 aromatic carbocycles. The standard InChI is InChI=1S/C12H26F3N3/c1-5-18(6-2)11(3,4)10(17-16)8-7-9-12(13,14)15/h10,17H,5-9,16H2,1-4H3. The summed E-state index contributed by atoms with van der Waals surface area (Å²) in [5, 5.41) is 0. The van der Waals surface area contributed by atoms with Crippen molar-refractivity contribution in [2.45, 2.75) is 64.7 Å². The van der Waals surface area contributed by atoms with Crippen molar-refractivity contribution in [3.8, 4) is 0 Å². The molecule has 3 nitrogen and oxygen atoms in total. The first-order valence-electron chi connectivity index (χ1n) is 6.47.